The molecule has 0 spiro atoms. The Balaban J connectivity index is 1.94. The van der Waals surface area contributed by atoms with Gasteiger partial charge < -0.3 is 10.4 Å². The van der Waals surface area contributed by atoms with Crippen molar-refractivity contribution in [2.75, 3.05) is 18.2 Å². The number of hydrogen-bond donors (Lipinski definition) is 2. The van der Waals surface area contributed by atoms with Crippen LogP contribution >= 0.6 is 23.1 Å². The molecule has 0 bridgehead atoms. The number of anilines is 1. The average molecular weight is 417 g/mol. The Hall–Kier alpha value is -1.44. The highest BCUT2D eigenvalue weighted by molar-refractivity contribution is 7.98. The van der Waals surface area contributed by atoms with Gasteiger partial charge >= 0.3 is 0 Å². The Bertz CT molecular complexity index is 997. The van der Waals surface area contributed by atoms with E-state index in [1.807, 2.05) is 6.26 Å². The van der Waals surface area contributed by atoms with E-state index in [-0.39, 0.29) is 12.6 Å². The predicted octanol–water partition coefficient (Wildman–Crippen LogP) is 4.98. The van der Waals surface area contributed by atoms with Crippen LogP contribution in [0, 0.1) is 0 Å². The molecule has 28 heavy (non-hydrogen) atoms. The Morgan fingerprint density at radius 3 is 2.71 bits per heavy atom. The number of aromatic nitrogens is 3. The van der Waals surface area contributed by atoms with Gasteiger partial charge in [0.25, 0.3) is 0 Å². The lowest BCUT2D eigenvalue weighted by Gasteiger charge is -2.15. The van der Waals surface area contributed by atoms with Crippen LogP contribution in [0.2, 0.25) is 0 Å². The van der Waals surface area contributed by atoms with E-state index in [2.05, 4.69) is 19.2 Å². The monoisotopic (exact) mass is 416 g/mol. The van der Waals surface area contributed by atoms with Gasteiger partial charge in [0.15, 0.2) is 5.16 Å². The third kappa shape index (κ3) is 3.48. The van der Waals surface area contributed by atoms with Gasteiger partial charge in [-0.05, 0) is 55.9 Å². The van der Waals surface area contributed by atoms with Crippen molar-refractivity contribution in [3.63, 3.8) is 0 Å². The van der Waals surface area contributed by atoms with Gasteiger partial charge in [0.1, 0.15) is 10.6 Å². The first-order valence-corrected chi connectivity index (χ1v) is 12.3. The van der Waals surface area contributed by atoms with E-state index in [4.69, 9.17) is 15.0 Å². The predicted molar refractivity (Wildman–Crippen MR) is 120 cm³/mol. The number of nitrogens with one attached hydrogen (secondary N) is 1. The zero-order valence-electron chi connectivity index (χ0n) is 16.8. The zero-order valence-corrected chi connectivity index (χ0v) is 18.5. The number of aliphatic hydroxyl groups is 1. The normalized spacial score (nSPS) is 14.7. The first-order valence-electron chi connectivity index (χ1n) is 10.3. The fraction of sp³-hybridized carbons (Fsp3) is 0.571. The minimum atomic E-state index is -0.00296. The van der Waals surface area contributed by atoms with Gasteiger partial charge in [-0.1, -0.05) is 32.0 Å². The van der Waals surface area contributed by atoms with Crippen LogP contribution in [0.3, 0.4) is 0 Å². The van der Waals surface area contributed by atoms with Crippen LogP contribution in [0.4, 0.5) is 5.82 Å². The van der Waals surface area contributed by atoms with Crippen LogP contribution in [-0.2, 0) is 19.3 Å². The maximum absolute atomic E-state index is 9.65. The van der Waals surface area contributed by atoms with Gasteiger partial charge in [-0.3, -0.25) is 0 Å². The van der Waals surface area contributed by atoms with Crippen LogP contribution in [-0.4, -0.2) is 39.0 Å². The molecule has 0 aliphatic heterocycles. The maximum atomic E-state index is 9.65. The van der Waals surface area contributed by atoms with Crippen molar-refractivity contribution in [1.29, 1.82) is 0 Å². The molecule has 0 saturated heterocycles. The zero-order chi connectivity index (χ0) is 19.7. The number of nitrogens with zero attached hydrogens (tertiary/aromatic N) is 3. The average Bonchev–Trinajstić information content (AvgIpc) is 3.34. The van der Waals surface area contributed by atoms with E-state index in [9.17, 15) is 5.11 Å². The van der Waals surface area contributed by atoms with E-state index < -0.39 is 0 Å². The lowest BCUT2D eigenvalue weighted by Crippen LogP contribution is -2.23. The molecule has 0 fully saturated rings. The smallest absolute Gasteiger partial charge is 0.189 e. The number of rotatable bonds is 8. The Kier molecular flexibility index (Phi) is 6.04. The summed E-state index contributed by atoms with van der Waals surface area (Å²) in [6.45, 7) is 4.40. The third-order valence-corrected chi connectivity index (χ3v) is 7.23. The van der Waals surface area contributed by atoms with Crippen molar-refractivity contribution in [3.05, 3.63) is 16.8 Å². The summed E-state index contributed by atoms with van der Waals surface area (Å²) in [5.41, 5.74) is 5.26. The molecule has 0 amide bonds. The molecule has 0 saturated carbocycles. The second kappa shape index (κ2) is 8.51. The molecular formula is C21H28N4OS2. The topological polar surface area (TPSA) is 70.9 Å². The molecule has 3 heterocycles. The van der Waals surface area contributed by atoms with Gasteiger partial charge in [-0.15, -0.1) is 11.3 Å². The van der Waals surface area contributed by atoms with Crippen molar-refractivity contribution in [3.8, 4) is 0 Å². The highest BCUT2D eigenvalue weighted by Gasteiger charge is 2.25. The highest BCUT2D eigenvalue weighted by Crippen LogP contribution is 2.42. The van der Waals surface area contributed by atoms with Crippen molar-refractivity contribution in [1.82, 2.24) is 15.0 Å². The molecule has 150 valence electrons. The van der Waals surface area contributed by atoms with Crippen molar-refractivity contribution < 1.29 is 5.11 Å². The van der Waals surface area contributed by atoms with E-state index in [1.54, 1.807) is 23.1 Å². The standard InChI is InChI=1S/C21H28N4OS2/c1-4-6-10-15-13-8-7-9-14(13)16-17-18(28-20(16)23-15)19(22-12(5-2)11-26)25-21(24-17)27-3/h12,26H,4-11H2,1-3H3,(H,22,24,25)/t12-/m1/s1. The van der Waals surface area contributed by atoms with Gasteiger partial charge in [0.05, 0.1) is 22.9 Å². The number of aryl methyl sites for hydroxylation is 2. The van der Waals surface area contributed by atoms with Gasteiger partial charge in [-0.25, -0.2) is 15.0 Å². The number of pyridine rings is 1. The molecule has 1 aliphatic carbocycles. The summed E-state index contributed by atoms with van der Waals surface area (Å²) in [6, 6.07) is -0.00296. The first-order chi connectivity index (χ1) is 13.7. The maximum Gasteiger partial charge on any atom is 0.189 e. The van der Waals surface area contributed by atoms with Crippen molar-refractivity contribution in [2.24, 2.45) is 0 Å². The van der Waals surface area contributed by atoms with Crippen LogP contribution in [0.1, 0.15) is 56.4 Å². The van der Waals surface area contributed by atoms with Crippen LogP contribution in [0.25, 0.3) is 20.4 Å². The van der Waals surface area contributed by atoms with E-state index in [0.29, 0.717) is 0 Å². The van der Waals surface area contributed by atoms with Crippen LogP contribution in [0.15, 0.2) is 5.16 Å². The first kappa shape index (κ1) is 19.9. The lowest BCUT2D eigenvalue weighted by atomic mass is 10.0. The number of unbranched alkanes of at least 4 members (excludes halogenated alkanes) is 1. The van der Waals surface area contributed by atoms with Crippen molar-refractivity contribution in [2.45, 2.75) is 70.0 Å². The SMILES string of the molecule is CCCCc1nc2sc3c(N[C@H](CC)CO)nc(SC)nc3c2c2c1CCC2. The molecule has 7 heteroatoms. The summed E-state index contributed by atoms with van der Waals surface area (Å²) in [5.74, 6) is 0.833. The van der Waals surface area contributed by atoms with E-state index in [0.717, 1.165) is 51.7 Å². The molecule has 4 rings (SSSR count). The second-order valence-corrected chi connectivity index (χ2v) is 9.20. The number of fused-ring (bicyclic) bond motifs is 5. The largest absolute Gasteiger partial charge is 0.394 e. The van der Waals surface area contributed by atoms with Gasteiger partial charge in [0.2, 0.25) is 0 Å². The Labute approximate surface area is 174 Å². The van der Waals surface area contributed by atoms with E-state index in [1.165, 1.54) is 41.5 Å². The van der Waals surface area contributed by atoms with Gasteiger partial charge in [-0.2, -0.15) is 0 Å². The molecule has 3 aromatic rings. The van der Waals surface area contributed by atoms with Crippen LogP contribution < -0.4 is 5.32 Å². The molecule has 1 aliphatic rings. The van der Waals surface area contributed by atoms with E-state index >= 15 is 0 Å². The Morgan fingerprint density at radius 1 is 1.18 bits per heavy atom. The quantitative estimate of drug-likeness (QED) is 0.399. The number of thiophene rings is 1. The fourth-order valence-electron chi connectivity index (χ4n) is 4.03. The molecule has 1 atom stereocenters. The summed E-state index contributed by atoms with van der Waals surface area (Å²) in [4.78, 5) is 15.8. The van der Waals surface area contributed by atoms with Crippen molar-refractivity contribution >= 4 is 49.3 Å². The molecule has 2 N–H and O–H groups in total. The summed E-state index contributed by atoms with van der Waals surface area (Å²) in [5, 5.41) is 15.1. The lowest BCUT2D eigenvalue weighted by molar-refractivity contribution is 0.271. The molecule has 3 aromatic heterocycles. The summed E-state index contributed by atoms with van der Waals surface area (Å²) < 4.78 is 1.06. The summed E-state index contributed by atoms with van der Waals surface area (Å²) >= 11 is 3.25. The Morgan fingerprint density at radius 2 is 2.00 bits per heavy atom. The third-order valence-electron chi connectivity index (χ3n) is 5.60. The van der Waals surface area contributed by atoms with Crippen LogP contribution in [0.5, 0.6) is 0 Å². The molecular weight excluding hydrogens is 388 g/mol. The van der Waals surface area contributed by atoms with Gasteiger partial charge in [0, 0.05) is 11.1 Å². The highest BCUT2D eigenvalue weighted by atomic mass is 32.2. The molecule has 0 unspecified atom stereocenters. The fourth-order valence-corrected chi connectivity index (χ4v) is 5.52. The molecule has 5 nitrogen and oxygen atoms in total. The summed E-state index contributed by atoms with van der Waals surface area (Å²) in [7, 11) is 0. The number of hydrogen-bond acceptors (Lipinski definition) is 7. The second-order valence-electron chi connectivity index (χ2n) is 7.42. The number of thioether (sulfide) groups is 1. The summed E-state index contributed by atoms with van der Waals surface area (Å²) in [6.07, 6.45) is 9.77. The minimum Gasteiger partial charge on any atom is -0.394 e. The molecule has 0 radical (unpaired) electrons. The molecule has 0 aromatic carbocycles. The number of aliphatic hydroxyl groups excluding tert-OH is 1. The minimum absolute atomic E-state index is 0.00296.